The number of carbonyl (C=O) groups excluding carboxylic acids is 2. The first kappa shape index (κ1) is 24.7. The van der Waals surface area contributed by atoms with Crippen molar-refractivity contribution in [3.8, 4) is 0 Å². The van der Waals surface area contributed by atoms with Crippen molar-refractivity contribution >= 4 is 27.5 Å². The Morgan fingerprint density at radius 2 is 1.72 bits per heavy atom. The van der Waals surface area contributed by atoms with Crippen LogP contribution in [0.4, 0.5) is 5.69 Å². The Bertz CT molecular complexity index is 954. The number of sulfonamides is 1. The fourth-order valence-electron chi connectivity index (χ4n) is 4.75. The van der Waals surface area contributed by atoms with Gasteiger partial charge in [0.1, 0.15) is 5.54 Å². The van der Waals surface area contributed by atoms with Crippen LogP contribution < -0.4 is 10.2 Å². The number of anilines is 1. The van der Waals surface area contributed by atoms with Gasteiger partial charge in [-0.15, -0.1) is 0 Å². The Kier molecular flexibility index (Phi) is 7.65. The summed E-state index contributed by atoms with van der Waals surface area (Å²) in [6.45, 7) is 6.90. The van der Waals surface area contributed by atoms with Crippen LogP contribution >= 0.6 is 0 Å². The SMILES string of the molecule is CCS(=O)(=O)N1CC(=O)N(c2ccc(C)c(C)c2)[C@@](C)(C(=O)NC2CCCCCCC2)C1. The van der Waals surface area contributed by atoms with Gasteiger partial charge in [0.25, 0.3) is 0 Å². The molecule has 2 fully saturated rings. The normalized spacial score (nSPS) is 24.1. The first-order chi connectivity index (χ1) is 15.1. The second kappa shape index (κ2) is 9.91. The summed E-state index contributed by atoms with van der Waals surface area (Å²) in [6.07, 6.45) is 7.53. The molecule has 0 spiro atoms. The highest BCUT2D eigenvalue weighted by molar-refractivity contribution is 7.89. The van der Waals surface area contributed by atoms with E-state index in [2.05, 4.69) is 5.32 Å². The molecular formula is C24H37N3O4S. The Balaban J connectivity index is 1.97. The van der Waals surface area contributed by atoms with Crippen LogP contribution in [0, 0.1) is 13.8 Å². The van der Waals surface area contributed by atoms with Crippen LogP contribution in [0.1, 0.15) is 69.9 Å². The third-order valence-electron chi connectivity index (χ3n) is 6.98. The van der Waals surface area contributed by atoms with E-state index in [1.165, 1.54) is 28.5 Å². The number of nitrogens with zero attached hydrogens (tertiary/aromatic N) is 2. The summed E-state index contributed by atoms with van der Waals surface area (Å²) in [5.74, 6) is -0.776. The molecule has 0 aromatic heterocycles. The van der Waals surface area contributed by atoms with Crippen molar-refractivity contribution in [2.24, 2.45) is 0 Å². The van der Waals surface area contributed by atoms with Gasteiger partial charge in [0.05, 0.1) is 12.3 Å². The van der Waals surface area contributed by atoms with Gasteiger partial charge in [-0.2, -0.15) is 4.31 Å². The highest BCUT2D eigenvalue weighted by Crippen LogP contribution is 2.32. The average Bonchev–Trinajstić information content (AvgIpc) is 2.71. The van der Waals surface area contributed by atoms with E-state index in [0.717, 1.165) is 36.8 Å². The van der Waals surface area contributed by atoms with E-state index in [-0.39, 0.29) is 36.7 Å². The van der Waals surface area contributed by atoms with Crippen molar-refractivity contribution in [3.05, 3.63) is 29.3 Å². The van der Waals surface area contributed by atoms with Crippen LogP contribution in [-0.4, -0.2) is 55.0 Å². The van der Waals surface area contributed by atoms with Gasteiger partial charge < -0.3 is 5.32 Å². The summed E-state index contributed by atoms with van der Waals surface area (Å²) in [4.78, 5) is 28.5. The van der Waals surface area contributed by atoms with Gasteiger partial charge in [-0.1, -0.05) is 38.2 Å². The van der Waals surface area contributed by atoms with Gasteiger partial charge >= 0.3 is 0 Å². The zero-order valence-electron chi connectivity index (χ0n) is 19.8. The molecular weight excluding hydrogens is 426 g/mol. The second-order valence-electron chi connectivity index (χ2n) is 9.46. The van der Waals surface area contributed by atoms with E-state index >= 15 is 0 Å². The Morgan fingerprint density at radius 3 is 2.31 bits per heavy atom. The Morgan fingerprint density at radius 1 is 1.09 bits per heavy atom. The molecule has 178 valence electrons. The number of hydrogen-bond donors (Lipinski definition) is 1. The van der Waals surface area contributed by atoms with E-state index in [0.29, 0.717) is 5.69 Å². The Labute approximate surface area is 192 Å². The zero-order valence-corrected chi connectivity index (χ0v) is 20.6. The predicted molar refractivity (Wildman–Crippen MR) is 127 cm³/mol. The molecule has 1 saturated carbocycles. The summed E-state index contributed by atoms with van der Waals surface area (Å²) < 4.78 is 26.5. The lowest BCUT2D eigenvalue weighted by atomic mass is 9.91. The van der Waals surface area contributed by atoms with Crippen LogP contribution in [0.3, 0.4) is 0 Å². The minimum absolute atomic E-state index is 0.0505. The first-order valence-corrected chi connectivity index (χ1v) is 13.4. The molecule has 1 atom stereocenters. The number of rotatable bonds is 5. The van der Waals surface area contributed by atoms with Crippen molar-refractivity contribution < 1.29 is 18.0 Å². The molecule has 1 saturated heterocycles. The molecule has 0 unspecified atom stereocenters. The van der Waals surface area contributed by atoms with Gasteiger partial charge in [0.2, 0.25) is 21.8 Å². The minimum Gasteiger partial charge on any atom is -0.351 e. The molecule has 3 rings (SSSR count). The zero-order chi connectivity index (χ0) is 23.5. The smallest absolute Gasteiger partial charge is 0.247 e. The number of benzene rings is 1. The highest BCUT2D eigenvalue weighted by atomic mass is 32.2. The minimum atomic E-state index is -3.62. The van der Waals surface area contributed by atoms with E-state index < -0.39 is 15.6 Å². The summed E-state index contributed by atoms with van der Waals surface area (Å²) in [6, 6.07) is 5.72. The number of piperazine rings is 1. The van der Waals surface area contributed by atoms with Gasteiger partial charge in [0, 0.05) is 18.3 Å². The summed E-state index contributed by atoms with van der Waals surface area (Å²) >= 11 is 0. The summed E-state index contributed by atoms with van der Waals surface area (Å²) in [5.41, 5.74) is 1.40. The number of hydrogen-bond acceptors (Lipinski definition) is 4. The topological polar surface area (TPSA) is 86.8 Å². The molecule has 1 aliphatic heterocycles. The quantitative estimate of drug-likeness (QED) is 0.726. The standard InChI is InChI=1S/C24H37N3O4S/c1-5-32(30,31)26-16-22(28)27(21-14-13-18(2)19(3)15-21)24(4,17-26)23(29)25-20-11-9-7-6-8-10-12-20/h13-15,20H,5-12,16-17H2,1-4H3,(H,25,29)/t24-/m1/s1. The molecule has 8 heteroatoms. The third kappa shape index (κ3) is 5.17. The monoisotopic (exact) mass is 463 g/mol. The fourth-order valence-corrected chi connectivity index (χ4v) is 5.87. The third-order valence-corrected chi connectivity index (χ3v) is 8.75. The lowest BCUT2D eigenvalue weighted by Gasteiger charge is -2.47. The largest absolute Gasteiger partial charge is 0.351 e. The van der Waals surface area contributed by atoms with Crippen LogP contribution in [0.2, 0.25) is 0 Å². The molecule has 0 radical (unpaired) electrons. The van der Waals surface area contributed by atoms with E-state index in [9.17, 15) is 18.0 Å². The number of aryl methyl sites for hydroxylation is 2. The average molecular weight is 464 g/mol. The molecule has 7 nitrogen and oxygen atoms in total. The van der Waals surface area contributed by atoms with Gasteiger partial charge in [-0.05, 0) is 63.8 Å². The molecule has 2 amide bonds. The van der Waals surface area contributed by atoms with E-state index in [4.69, 9.17) is 0 Å². The van der Waals surface area contributed by atoms with Crippen LogP contribution in [0.15, 0.2) is 18.2 Å². The van der Waals surface area contributed by atoms with Crippen molar-refractivity contribution in [2.45, 2.75) is 84.2 Å². The van der Waals surface area contributed by atoms with E-state index in [1.54, 1.807) is 13.8 Å². The van der Waals surface area contributed by atoms with Crippen LogP contribution in [0.25, 0.3) is 0 Å². The highest BCUT2D eigenvalue weighted by Gasteiger charge is 2.51. The summed E-state index contributed by atoms with van der Waals surface area (Å²) in [7, 11) is -3.62. The maximum Gasteiger partial charge on any atom is 0.247 e. The van der Waals surface area contributed by atoms with Crippen molar-refractivity contribution in [2.75, 3.05) is 23.7 Å². The van der Waals surface area contributed by atoms with Crippen molar-refractivity contribution in [1.29, 1.82) is 0 Å². The van der Waals surface area contributed by atoms with E-state index in [1.807, 2.05) is 32.0 Å². The van der Waals surface area contributed by atoms with Crippen LogP contribution in [0.5, 0.6) is 0 Å². The first-order valence-electron chi connectivity index (χ1n) is 11.8. The molecule has 1 N–H and O–H groups in total. The van der Waals surface area contributed by atoms with Crippen molar-refractivity contribution in [1.82, 2.24) is 9.62 Å². The van der Waals surface area contributed by atoms with Crippen molar-refractivity contribution in [3.63, 3.8) is 0 Å². The lowest BCUT2D eigenvalue weighted by Crippen LogP contribution is -2.71. The van der Waals surface area contributed by atoms with Gasteiger partial charge in [-0.25, -0.2) is 8.42 Å². The molecule has 1 aliphatic carbocycles. The molecule has 0 bridgehead atoms. The lowest BCUT2D eigenvalue weighted by molar-refractivity contribution is -0.133. The second-order valence-corrected chi connectivity index (χ2v) is 11.7. The number of amides is 2. The number of nitrogens with one attached hydrogen (secondary N) is 1. The Hall–Kier alpha value is -1.93. The molecule has 1 heterocycles. The molecule has 1 aromatic carbocycles. The fraction of sp³-hybridized carbons (Fsp3) is 0.667. The molecule has 2 aliphatic rings. The molecule has 32 heavy (non-hydrogen) atoms. The maximum atomic E-state index is 13.7. The number of carbonyl (C=O) groups is 2. The summed E-state index contributed by atoms with van der Waals surface area (Å²) in [5, 5.41) is 3.18. The van der Waals surface area contributed by atoms with Gasteiger partial charge in [0.15, 0.2) is 0 Å². The maximum absolute atomic E-state index is 13.7. The molecule has 1 aromatic rings. The van der Waals surface area contributed by atoms with Crippen LogP contribution in [-0.2, 0) is 19.6 Å². The predicted octanol–water partition coefficient (Wildman–Crippen LogP) is 3.29. The van der Waals surface area contributed by atoms with Gasteiger partial charge in [-0.3, -0.25) is 14.5 Å².